The number of H-pyrrole nitrogens is 1. The number of carbonyl (C=O) groups is 1. The molecule has 0 aliphatic rings. The average molecular weight is 339 g/mol. The van der Waals surface area contributed by atoms with Crippen LogP contribution in [-0.2, 0) is 13.1 Å². The van der Waals surface area contributed by atoms with Gasteiger partial charge in [0, 0.05) is 30.4 Å². The molecule has 3 aromatic rings. The number of amides is 1. The number of aromatic amines is 1. The summed E-state index contributed by atoms with van der Waals surface area (Å²) in [5.41, 5.74) is 2.96. The van der Waals surface area contributed by atoms with E-state index in [9.17, 15) is 4.79 Å². The first-order valence-corrected chi connectivity index (χ1v) is 8.19. The van der Waals surface area contributed by atoms with Crippen molar-refractivity contribution in [3.8, 4) is 17.0 Å². The van der Waals surface area contributed by atoms with Crippen LogP contribution in [0.5, 0.6) is 5.75 Å². The molecule has 2 N–H and O–H groups in total. The fourth-order valence-electron chi connectivity index (χ4n) is 2.49. The Morgan fingerprint density at radius 2 is 2.24 bits per heavy atom. The summed E-state index contributed by atoms with van der Waals surface area (Å²) >= 11 is 0. The second-order valence-electron chi connectivity index (χ2n) is 5.69. The Balaban J connectivity index is 1.63. The van der Waals surface area contributed by atoms with Crippen LogP contribution < -0.4 is 10.1 Å². The van der Waals surface area contributed by atoms with Crippen molar-refractivity contribution in [1.29, 1.82) is 0 Å². The highest BCUT2D eigenvalue weighted by Crippen LogP contribution is 2.22. The van der Waals surface area contributed by atoms with Crippen LogP contribution in [0.2, 0.25) is 0 Å². The van der Waals surface area contributed by atoms with Gasteiger partial charge in [-0.2, -0.15) is 10.2 Å². The van der Waals surface area contributed by atoms with E-state index in [0.29, 0.717) is 17.9 Å². The number of hydrogen-bond donors (Lipinski definition) is 2. The van der Waals surface area contributed by atoms with Crippen molar-refractivity contribution in [2.75, 3.05) is 7.11 Å². The van der Waals surface area contributed by atoms with E-state index in [0.717, 1.165) is 29.8 Å². The lowest BCUT2D eigenvalue weighted by molar-refractivity contribution is 0.0946. The highest BCUT2D eigenvalue weighted by atomic mass is 16.5. The van der Waals surface area contributed by atoms with Crippen LogP contribution in [0.3, 0.4) is 0 Å². The molecule has 1 aromatic carbocycles. The summed E-state index contributed by atoms with van der Waals surface area (Å²) in [4.78, 5) is 12.3. The van der Waals surface area contributed by atoms with E-state index in [4.69, 9.17) is 4.74 Å². The number of nitrogens with zero attached hydrogens (tertiary/aromatic N) is 3. The fourth-order valence-corrected chi connectivity index (χ4v) is 2.49. The van der Waals surface area contributed by atoms with Crippen LogP contribution in [0.15, 0.2) is 42.7 Å². The van der Waals surface area contributed by atoms with E-state index >= 15 is 0 Å². The quantitative estimate of drug-likeness (QED) is 0.693. The zero-order chi connectivity index (χ0) is 17.6. The van der Waals surface area contributed by atoms with E-state index in [1.807, 2.05) is 35.1 Å². The highest BCUT2D eigenvalue weighted by molar-refractivity contribution is 5.93. The van der Waals surface area contributed by atoms with E-state index in [1.54, 1.807) is 19.4 Å². The number of hydrogen-bond acceptors (Lipinski definition) is 4. The Labute approximate surface area is 146 Å². The van der Waals surface area contributed by atoms with Gasteiger partial charge >= 0.3 is 0 Å². The Kier molecular flexibility index (Phi) is 5.13. The summed E-state index contributed by atoms with van der Waals surface area (Å²) in [6.07, 6.45) is 4.73. The number of aryl methyl sites for hydroxylation is 1. The molecule has 0 saturated heterocycles. The lowest BCUT2D eigenvalue weighted by Gasteiger charge is -2.01. The average Bonchev–Trinajstić information content (AvgIpc) is 3.30. The molecule has 7 heteroatoms. The normalized spacial score (nSPS) is 10.6. The highest BCUT2D eigenvalue weighted by Gasteiger charge is 2.11. The van der Waals surface area contributed by atoms with E-state index in [-0.39, 0.29) is 5.91 Å². The van der Waals surface area contributed by atoms with Gasteiger partial charge in [0.05, 0.1) is 19.0 Å². The summed E-state index contributed by atoms with van der Waals surface area (Å²) in [6, 6.07) is 9.27. The molecule has 0 fully saturated rings. The molecule has 0 radical (unpaired) electrons. The smallest absolute Gasteiger partial charge is 0.269 e. The van der Waals surface area contributed by atoms with Gasteiger partial charge in [-0.05, 0) is 24.6 Å². The van der Waals surface area contributed by atoms with Crippen LogP contribution >= 0.6 is 0 Å². The zero-order valence-corrected chi connectivity index (χ0v) is 14.3. The maximum Gasteiger partial charge on any atom is 0.269 e. The first kappa shape index (κ1) is 16.8. The van der Waals surface area contributed by atoms with Gasteiger partial charge in [-0.3, -0.25) is 14.6 Å². The molecule has 0 aliphatic carbocycles. The molecule has 0 aliphatic heterocycles. The van der Waals surface area contributed by atoms with E-state index < -0.39 is 0 Å². The number of nitrogens with one attached hydrogen (secondary N) is 2. The standard InChI is InChI=1S/C18H21N5O2/c1-3-7-23-12-13(11-20-23)10-19-18(24)17-9-16(21-22-17)14-5-4-6-15(8-14)25-2/h4-6,8-9,11-12H,3,7,10H2,1-2H3,(H,19,24)(H,21,22). The molecule has 1 amide bonds. The third kappa shape index (κ3) is 4.06. The monoisotopic (exact) mass is 339 g/mol. The van der Waals surface area contributed by atoms with Crippen molar-refractivity contribution in [3.63, 3.8) is 0 Å². The molecule has 0 spiro atoms. The van der Waals surface area contributed by atoms with Gasteiger partial charge in [0.25, 0.3) is 5.91 Å². The molecule has 130 valence electrons. The van der Waals surface area contributed by atoms with Crippen molar-refractivity contribution in [3.05, 3.63) is 54.0 Å². The van der Waals surface area contributed by atoms with Crippen LogP contribution in [0.1, 0.15) is 29.4 Å². The van der Waals surface area contributed by atoms with Crippen LogP contribution in [0.4, 0.5) is 0 Å². The summed E-state index contributed by atoms with van der Waals surface area (Å²) in [5, 5.41) is 14.1. The zero-order valence-electron chi connectivity index (χ0n) is 14.3. The van der Waals surface area contributed by atoms with Crippen LogP contribution in [0, 0.1) is 0 Å². The molecular formula is C18H21N5O2. The minimum absolute atomic E-state index is 0.204. The maximum atomic E-state index is 12.3. The molecule has 2 heterocycles. The third-order valence-corrected chi connectivity index (χ3v) is 3.78. The van der Waals surface area contributed by atoms with Crippen molar-refractivity contribution < 1.29 is 9.53 Å². The number of benzene rings is 1. The van der Waals surface area contributed by atoms with Gasteiger partial charge in [-0.15, -0.1) is 0 Å². The number of rotatable bonds is 7. The number of methoxy groups -OCH3 is 1. The lowest BCUT2D eigenvalue weighted by atomic mass is 10.1. The SMILES string of the molecule is CCCn1cc(CNC(=O)c2cc(-c3cccc(OC)c3)n[nH]2)cn1. The molecule has 0 atom stereocenters. The molecule has 25 heavy (non-hydrogen) atoms. The topological polar surface area (TPSA) is 84.8 Å². The molecule has 0 bridgehead atoms. The van der Waals surface area contributed by atoms with Crippen molar-refractivity contribution in [2.24, 2.45) is 0 Å². The Bertz CT molecular complexity index is 853. The predicted octanol–water partition coefficient (Wildman–Crippen LogP) is 2.62. The second kappa shape index (κ2) is 7.65. The van der Waals surface area contributed by atoms with Gasteiger partial charge in [0.1, 0.15) is 11.4 Å². The minimum atomic E-state index is -0.204. The number of carbonyl (C=O) groups excluding carboxylic acids is 1. The minimum Gasteiger partial charge on any atom is -0.497 e. The van der Waals surface area contributed by atoms with E-state index in [2.05, 4.69) is 27.5 Å². The Morgan fingerprint density at radius 1 is 1.36 bits per heavy atom. The first-order chi connectivity index (χ1) is 12.2. The molecule has 0 unspecified atom stereocenters. The molecular weight excluding hydrogens is 318 g/mol. The molecule has 0 saturated carbocycles. The molecule has 3 rings (SSSR count). The summed E-state index contributed by atoms with van der Waals surface area (Å²) in [5.74, 6) is 0.542. The maximum absolute atomic E-state index is 12.3. The first-order valence-electron chi connectivity index (χ1n) is 8.19. The van der Waals surface area contributed by atoms with Gasteiger partial charge in [0.2, 0.25) is 0 Å². The van der Waals surface area contributed by atoms with Crippen LogP contribution in [-0.4, -0.2) is 33.0 Å². The number of ether oxygens (including phenoxy) is 1. The van der Waals surface area contributed by atoms with Crippen molar-refractivity contribution in [2.45, 2.75) is 26.4 Å². The predicted molar refractivity (Wildman–Crippen MR) is 94.3 cm³/mol. The van der Waals surface area contributed by atoms with Gasteiger partial charge in [-0.1, -0.05) is 19.1 Å². The lowest BCUT2D eigenvalue weighted by Crippen LogP contribution is -2.22. The molecule has 7 nitrogen and oxygen atoms in total. The number of aromatic nitrogens is 4. The van der Waals surface area contributed by atoms with Crippen molar-refractivity contribution >= 4 is 5.91 Å². The van der Waals surface area contributed by atoms with Gasteiger partial charge in [-0.25, -0.2) is 0 Å². The largest absolute Gasteiger partial charge is 0.497 e. The molecule has 2 aromatic heterocycles. The fraction of sp³-hybridized carbons (Fsp3) is 0.278. The second-order valence-corrected chi connectivity index (χ2v) is 5.69. The van der Waals surface area contributed by atoms with E-state index in [1.165, 1.54) is 0 Å². The third-order valence-electron chi connectivity index (χ3n) is 3.78. The summed E-state index contributed by atoms with van der Waals surface area (Å²) in [6.45, 7) is 3.40. The van der Waals surface area contributed by atoms with Crippen molar-refractivity contribution in [1.82, 2.24) is 25.3 Å². The summed E-state index contributed by atoms with van der Waals surface area (Å²) in [7, 11) is 1.62. The van der Waals surface area contributed by atoms with Gasteiger partial charge in [0.15, 0.2) is 0 Å². The van der Waals surface area contributed by atoms with Gasteiger partial charge < -0.3 is 10.1 Å². The summed E-state index contributed by atoms with van der Waals surface area (Å²) < 4.78 is 7.09. The van der Waals surface area contributed by atoms with Crippen LogP contribution in [0.25, 0.3) is 11.3 Å². The Hall–Kier alpha value is -3.09. The Morgan fingerprint density at radius 3 is 3.04 bits per heavy atom.